The molecule has 0 N–H and O–H groups in total. The van der Waals surface area contributed by atoms with Gasteiger partial charge in [-0.1, -0.05) is 133 Å². The zero-order valence-corrected chi connectivity index (χ0v) is 70.2. The number of isocyanates is 1. The van der Waals surface area contributed by atoms with Crippen LogP contribution in [0.2, 0.25) is 0 Å². The molecule has 0 spiro atoms. The van der Waals surface area contributed by atoms with Gasteiger partial charge in [-0.25, -0.2) is 35.2 Å². The minimum Gasteiger partial charge on any atom is -0.460 e. The molecule has 0 unspecified atom stereocenters. The van der Waals surface area contributed by atoms with Crippen molar-refractivity contribution in [2.45, 2.75) is 288 Å². The van der Waals surface area contributed by atoms with Crippen LogP contribution >= 0.6 is 0 Å². The Hall–Kier alpha value is -5.30. The lowest BCUT2D eigenvalue weighted by atomic mass is 9.76. The number of hydrogen-bond donors (Lipinski definition) is 0. The third-order valence-electron chi connectivity index (χ3n) is 23.7. The van der Waals surface area contributed by atoms with E-state index < -0.39 is 103 Å². The molecule has 107 heavy (non-hydrogen) atoms. The number of amides is 2. The second-order valence-corrected chi connectivity index (χ2v) is 40.2. The lowest BCUT2D eigenvalue weighted by Gasteiger charge is -2.36. The zero-order valence-electron chi connectivity index (χ0n) is 68.6. The van der Waals surface area contributed by atoms with Crippen molar-refractivity contribution >= 4 is 84.4 Å². The van der Waals surface area contributed by atoms with Crippen molar-refractivity contribution in [2.75, 3.05) is 65.0 Å². The SMILES string of the molecule is C=CCCC(=O)C(=O)[C@@H]1CCCCCCCO[C@@H](C)[C@H](CC(=O)C[C@H](CN(C)S(=O)(=O)CC)C(C)(C)C)C(=O)N2C[C@H]3[C@@H]([C@H]2C(=O)C1)C3(C)C.C=CCCC(=O)C(=O)[C@@H]1CCCCCCCO[C@@H](C)[C@H](CC(=O)OC(C)(C)C)C(=O)N2C[C@H]3[C@@H]([C@H]2C(=O)C1)C3(C)C.CCS(=O)(=O)N(C)C[C@@H](N=C=O)C(C)(C)C. The Kier molecular flexibility index (Phi) is 35.8. The van der Waals surface area contributed by atoms with E-state index in [9.17, 15) is 69.6 Å². The molecule has 4 heterocycles. The van der Waals surface area contributed by atoms with Crippen LogP contribution in [0.4, 0.5) is 0 Å². The van der Waals surface area contributed by atoms with E-state index in [1.807, 2.05) is 55.4 Å². The fourth-order valence-corrected chi connectivity index (χ4v) is 17.7. The number of nitrogens with zero attached hydrogens (tertiary/aromatic N) is 5. The first-order chi connectivity index (χ1) is 49.6. The van der Waals surface area contributed by atoms with Crippen molar-refractivity contribution in [1.82, 2.24) is 18.4 Å². The maximum absolute atomic E-state index is 14.6. The normalized spacial score (nSPS) is 27.6. The number of likely N-dealkylation sites (N-methyl/N-ethyl adjacent to an activating group) is 1. The molecular weight excluding hydrogens is 1410 g/mol. The van der Waals surface area contributed by atoms with Crippen LogP contribution < -0.4 is 0 Å². The van der Waals surface area contributed by atoms with Crippen LogP contribution in [0.3, 0.4) is 0 Å². The lowest BCUT2D eigenvalue weighted by molar-refractivity contribution is -0.162. The first-order valence-corrected chi connectivity index (χ1v) is 42.8. The average molecular weight is 1540 g/mol. The highest BCUT2D eigenvalue weighted by Crippen LogP contribution is 2.66. The zero-order chi connectivity index (χ0) is 81.1. The predicted octanol–water partition coefficient (Wildman–Crippen LogP) is 12.1. The highest BCUT2D eigenvalue weighted by Gasteiger charge is 2.71. The summed E-state index contributed by atoms with van der Waals surface area (Å²) in [4.78, 5) is 153. The van der Waals surface area contributed by atoms with Gasteiger partial charge in [0.1, 0.15) is 11.4 Å². The summed E-state index contributed by atoms with van der Waals surface area (Å²) in [7, 11) is -3.64. The average Bonchev–Trinajstić information content (AvgIpc) is 1.53. The standard InChI is InChI=1S/C39H64N2O8S.C33H51NO7.C10H20N2O3S/c1-10-12-19-32(43)36(45)27-18-16-14-13-15-17-20-49-26(3)30(37(46)41-25-31-34(39(31,7)8)35(41)33(44)21-27)23-29(42)22-28(38(4,5)6)24-40(9)50(47,48)11-2;1-8-9-16-25(35)30(38)22-15-13-11-10-12-14-17-40-21(2)23(19-27(37)41-32(3,4)5)31(39)34-20-24-28(33(24,6)7)29(34)26(36)18-22;1-6-16(14,15)12(5)7-9(11-8-13)10(2,3)4/h10,26-28,30-31,34-35H,1,11-25H2,2-9H3;8,21-24,28-29H,1,9-20H2,2-7H3;9H,6-7H2,1-5H3/t26-,27+,28+,30-,31-,34-,35+;21-,22+,23-,24-,28-,29+;9-/m001/s1. The van der Waals surface area contributed by atoms with Crippen molar-refractivity contribution < 1.29 is 83.8 Å². The Labute approximate surface area is 641 Å². The Morgan fingerprint density at radius 1 is 0.607 bits per heavy atom. The molecule has 4 saturated heterocycles. The summed E-state index contributed by atoms with van der Waals surface area (Å²) in [6, 6.07) is -1.78. The van der Waals surface area contributed by atoms with Gasteiger partial charge in [0.25, 0.3) is 0 Å². The molecule has 14 atom stereocenters. The topological polar surface area (TPSA) is 309 Å². The molecule has 0 bridgehead atoms. The molecule has 25 heteroatoms. The molecule has 4 aliphatic heterocycles. The molecule has 6 aliphatic rings. The van der Waals surface area contributed by atoms with Gasteiger partial charge in [-0.05, 0) is 138 Å². The monoisotopic (exact) mass is 1540 g/mol. The van der Waals surface area contributed by atoms with Gasteiger partial charge in [-0.2, -0.15) is 0 Å². The van der Waals surface area contributed by atoms with Gasteiger partial charge in [0.15, 0.2) is 23.1 Å². The number of piperidine rings is 2. The number of carbonyl (C=O) groups is 10. The molecule has 6 rings (SSSR count). The van der Waals surface area contributed by atoms with E-state index in [-0.39, 0.29) is 156 Å². The van der Waals surface area contributed by atoms with Gasteiger partial charge in [0.2, 0.25) is 49.5 Å². The van der Waals surface area contributed by atoms with E-state index in [0.29, 0.717) is 52.0 Å². The summed E-state index contributed by atoms with van der Waals surface area (Å²) < 4.78 is 68.7. The Balaban J connectivity index is 0.000000380. The van der Waals surface area contributed by atoms with Crippen LogP contribution in [0.5, 0.6) is 0 Å². The number of carbonyl (C=O) groups excluding carboxylic acids is 11. The quantitative estimate of drug-likeness (QED) is 0.0269. The second-order valence-electron chi connectivity index (χ2n) is 35.5. The van der Waals surface area contributed by atoms with Crippen LogP contribution in [0.25, 0.3) is 0 Å². The van der Waals surface area contributed by atoms with Crippen molar-refractivity contribution in [3.8, 4) is 0 Å². The third kappa shape index (κ3) is 27.0. The molecule has 6 fully saturated rings. The summed E-state index contributed by atoms with van der Waals surface area (Å²) >= 11 is 0. The van der Waals surface area contributed by atoms with Crippen LogP contribution in [-0.4, -0.2) is 201 Å². The number of esters is 1. The van der Waals surface area contributed by atoms with Gasteiger partial charge in [0, 0.05) is 104 Å². The Morgan fingerprint density at radius 3 is 1.36 bits per heavy atom. The lowest BCUT2D eigenvalue weighted by Crippen LogP contribution is -2.50. The fourth-order valence-electron chi connectivity index (χ4n) is 16.1. The highest BCUT2D eigenvalue weighted by molar-refractivity contribution is 7.89. The van der Waals surface area contributed by atoms with E-state index in [4.69, 9.17) is 14.2 Å². The molecule has 0 aromatic heterocycles. The van der Waals surface area contributed by atoms with Crippen LogP contribution in [0.1, 0.15) is 253 Å². The first kappa shape index (κ1) is 94.1. The molecule has 23 nitrogen and oxygen atoms in total. The second kappa shape index (κ2) is 40.8. The van der Waals surface area contributed by atoms with Gasteiger partial charge >= 0.3 is 5.97 Å². The minimum atomic E-state index is -3.45. The van der Waals surface area contributed by atoms with Crippen LogP contribution in [0.15, 0.2) is 30.3 Å². The van der Waals surface area contributed by atoms with Gasteiger partial charge in [0.05, 0.1) is 60.1 Å². The Morgan fingerprint density at radius 2 is 0.991 bits per heavy atom. The Bertz CT molecular complexity index is 3390. The maximum Gasteiger partial charge on any atom is 0.307 e. The van der Waals surface area contributed by atoms with Crippen LogP contribution in [0, 0.1) is 74.9 Å². The number of Topliss-reactive ketones (excluding diaryl/α,β-unsaturated/α-hetero) is 7. The van der Waals surface area contributed by atoms with Crippen LogP contribution in [-0.2, 0) is 87.0 Å². The maximum atomic E-state index is 14.6. The number of ether oxygens (including phenoxy) is 3. The van der Waals surface area contributed by atoms with Crippen molar-refractivity contribution in [2.24, 2.45) is 79.9 Å². The van der Waals surface area contributed by atoms with Gasteiger partial charge in [-0.15, -0.1) is 13.2 Å². The first-order valence-electron chi connectivity index (χ1n) is 39.5. The molecular formula is C82H135N5O18S2. The number of allylic oxidation sites excluding steroid dienone is 2. The summed E-state index contributed by atoms with van der Waals surface area (Å²) in [6.45, 7) is 41.7. The summed E-state index contributed by atoms with van der Waals surface area (Å²) in [5.41, 5.74) is -1.57. The molecule has 0 aromatic carbocycles. The number of rotatable bonds is 25. The molecule has 2 amide bonds. The molecule has 0 aromatic rings. The largest absolute Gasteiger partial charge is 0.460 e. The van der Waals surface area contributed by atoms with Crippen molar-refractivity contribution in [1.29, 1.82) is 0 Å². The highest BCUT2D eigenvalue weighted by atomic mass is 32.2. The van der Waals surface area contributed by atoms with Gasteiger partial charge in [-0.3, -0.25) is 47.9 Å². The summed E-state index contributed by atoms with van der Waals surface area (Å²) in [6.07, 6.45) is 13.9. The number of ketones is 7. The fraction of sp³-hybridized carbons (Fsp3) is 0.817. The predicted molar refractivity (Wildman–Crippen MR) is 414 cm³/mol. The third-order valence-corrected chi connectivity index (χ3v) is 27.3. The number of aliphatic imine (C=N–C) groups is 1. The number of hydrogen-bond acceptors (Lipinski definition) is 19. The van der Waals surface area contributed by atoms with Crippen molar-refractivity contribution in [3.63, 3.8) is 0 Å². The van der Waals surface area contributed by atoms with E-state index in [2.05, 4.69) is 45.8 Å². The minimum absolute atomic E-state index is 0.0107. The van der Waals surface area contributed by atoms with Gasteiger partial charge < -0.3 is 24.0 Å². The number of sulfonamides is 2. The van der Waals surface area contributed by atoms with Crippen molar-refractivity contribution in [3.05, 3.63) is 25.3 Å². The molecule has 2 saturated carbocycles. The van der Waals surface area contributed by atoms with E-state index in [1.54, 1.807) is 56.6 Å². The van der Waals surface area contributed by atoms with E-state index in [0.717, 1.165) is 64.2 Å². The molecule has 608 valence electrons. The molecule has 0 radical (unpaired) electrons. The molecule has 2 aliphatic carbocycles. The van der Waals surface area contributed by atoms with E-state index in [1.165, 1.54) is 28.8 Å². The van der Waals surface area contributed by atoms with E-state index >= 15 is 0 Å². The summed E-state index contributed by atoms with van der Waals surface area (Å²) in [5.74, 6) is -6.48. The summed E-state index contributed by atoms with van der Waals surface area (Å²) in [5, 5.41) is 0. The number of fused-ring (bicyclic) bond motifs is 6. The smallest absolute Gasteiger partial charge is 0.307 e.